The molecular weight excluding hydrogens is 271 g/mol. The average Bonchev–Trinajstić information content (AvgIpc) is 2.72. The molecule has 16 heavy (non-hydrogen) atoms. The first-order valence-corrected chi connectivity index (χ1v) is 5.63. The minimum absolute atomic E-state index is 0. The van der Waals surface area contributed by atoms with E-state index in [4.69, 9.17) is 0 Å². The number of rotatable bonds is 1. The molecule has 0 N–H and O–H groups in total. The number of hydrogen-bond acceptors (Lipinski definition) is 0. The van der Waals surface area contributed by atoms with Gasteiger partial charge in [-0.3, -0.25) is 0 Å². The van der Waals surface area contributed by atoms with Gasteiger partial charge in [0.15, 0.2) is 0 Å². The van der Waals surface area contributed by atoms with Crippen molar-refractivity contribution in [3.8, 4) is 0 Å². The molecule has 0 fully saturated rings. The van der Waals surface area contributed by atoms with Gasteiger partial charge in [-0.15, -0.1) is 11.6 Å². The Kier molecular flexibility index (Phi) is 4.01. The maximum absolute atomic E-state index is 3.45. The Morgan fingerprint density at radius 1 is 1.19 bits per heavy atom. The Balaban J connectivity index is 0. The van der Waals surface area contributed by atoms with E-state index in [0.717, 1.165) is 6.42 Å². The molecule has 85 valence electrons. The molecule has 0 spiro atoms. The third-order valence-electron chi connectivity index (χ3n) is 4.03. The summed E-state index contributed by atoms with van der Waals surface area (Å²) in [6.07, 6.45) is 8.82. The van der Waals surface area contributed by atoms with Crippen LogP contribution in [0.4, 0.5) is 0 Å². The van der Waals surface area contributed by atoms with Crippen LogP contribution in [0.2, 0.25) is 0 Å². The summed E-state index contributed by atoms with van der Waals surface area (Å²) in [5.41, 5.74) is 7.39. The van der Waals surface area contributed by atoms with Crippen molar-refractivity contribution in [1.29, 1.82) is 0 Å². The van der Waals surface area contributed by atoms with Crippen molar-refractivity contribution >= 4 is 0 Å². The van der Waals surface area contributed by atoms with E-state index in [1.165, 1.54) is 27.9 Å². The van der Waals surface area contributed by atoms with Crippen molar-refractivity contribution in [2.24, 2.45) is 5.41 Å². The largest absolute Gasteiger partial charge is 3.00 e. The Bertz CT molecular complexity index is 437. The molecule has 0 bridgehead atoms. The van der Waals surface area contributed by atoms with E-state index in [-0.39, 0.29) is 34.5 Å². The molecule has 0 aromatic rings. The van der Waals surface area contributed by atoms with Crippen LogP contribution in [0.1, 0.15) is 43.9 Å². The second-order valence-corrected chi connectivity index (χ2v) is 5.07. The molecule has 0 aromatic heterocycles. The van der Waals surface area contributed by atoms with E-state index in [1.807, 2.05) is 0 Å². The van der Waals surface area contributed by atoms with E-state index < -0.39 is 0 Å². The van der Waals surface area contributed by atoms with Crippen LogP contribution in [0.5, 0.6) is 0 Å². The Hall–Kier alpha value is -0.157. The van der Waals surface area contributed by atoms with E-state index in [0.29, 0.717) is 0 Å². The standard InChI is InChI=1S/C15H19.Zr.2H/c1-10-11(2)14(13-8-6-7-9-13)15(4,5)12(10)3;;;/h6,8H,7H2,1-5H3;;;/q-1;+3;2*-1. The second-order valence-electron chi connectivity index (χ2n) is 5.07. The van der Waals surface area contributed by atoms with Crippen molar-refractivity contribution in [3.63, 3.8) is 0 Å². The van der Waals surface area contributed by atoms with E-state index in [2.05, 4.69) is 52.8 Å². The predicted octanol–water partition coefficient (Wildman–Crippen LogP) is 4.59. The third kappa shape index (κ3) is 1.88. The fourth-order valence-electron chi connectivity index (χ4n) is 2.71. The summed E-state index contributed by atoms with van der Waals surface area (Å²) >= 11 is 0. The quantitative estimate of drug-likeness (QED) is 0.620. The summed E-state index contributed by atoms with van der Waals surface area (Å²) < 4.78 is 0. The van der Waals surface area contributed by atoms with Gasteiger partial charge in [0.25, 0.3) is 0 Å². The summed E-state index contributed by atoms with van der Waals surface area (Å²) in [6, 6.07) is 0. The first-order chi connectivity index (χ1) is 6.96. The monoisotopic (exact) mass is 291 g/mol. The van der Waals surface area contributed by atoms with Gasteiger partial charge in [-0.1, -0.05) is 43.9 Å². The van der Waals surface area contributed by atoms with Crippen LogP contribution in [0.3, 0.4) is 0 Å². The zero-order chi connectivity index (χ0) is 11.2. The maximum Gasteiger partial charge on any atom is 3.00 e. The first kappa shape index (κ1) is 13.9. The molecule has 1 radical (unpaired) electrons. The van der Waals surface area contributed by atoms with Crippen LogP contribution in [0.15, 0.2) is 40.0 Å². The van der Waals surface area contributed by atoms with Crippen LogP contribution in [0, 0.1) is 11.5 Å². The maximum atomic E-state index is 3.45. The molecule has 0 aromatic carbocycles. The smallest absolute Gasteiger partial charge is 1.00 e. The van der Waals surface area contributed by atoms with Crippen LogP contribution in [0.25, 0.3) is 0 Å². The van der Waals surface area contributed by atoms with Crippen molar-refractivity contribution in [2.45, 2.75) is 41.0 Å². The van der Waals surface area contributed by atoms with Crippen LogP contribution < -0.4 is 0 Å². The van der Waals surface area contributed by atoms with E-state index >= 15 is 0 Å². The predicted molar refractivity (Wildman–Crippen MR) is 67.6 cm³/mol. The molecule has 0 amide bonds. The molecule has 0 atom stereocenters. The topological polar surface area (TPSA) is 0 Å². The summed E-state index contributed by atoms with van der Waals surface area (Å²) in [5.74, 6) is 0. The Labute approximate surface area is 121 Å². The number of hydrogen-bond donors (Lipinski definition) is 0. The van der Waals surface area contributed by atoms with Gasteiger partial charge in [-0.25, -0.2) is 0 Å². The Morgan fingerprint density at radius 2 is 1.81 bits per heavy atom. The summed E-state index contributed by atoms with van der Waals surface area (Å²) in [5, 5.41) is 0. The molecule has 2 aliphatic carbocycles. The van der Waals surface area contributed by atoms with Crippen molar-refractivity contribution in [2.75, 3.05) is 0 Å². The first-order valence-electron chi connectivity index (χ1n) is 5.63. The molecule has 2 aliphatic rings. The summed E-state index contributed by atoms with van der Waals surface area (Å²) in [6.45, 7) is 11.4. The van der Waals surface area contributed by atoms with Gasteiger partial charge in [0, 0.05) is 0 Å². The minimum Gasteiger partial charge on any atom is -1.00 e. The second kappa shape index (κ2) is 4.61. The third-order valence-corrected chi connectivity index (χ3v) is 4.03. The molecule has 0 aliphatic heterocycles. The molecule has 0 nitrogen and oxygen atoms in total. The number of allylic oxidation sites excluding steroid dienone is 8. The zero-order valence-corrected chi connectivity index (χ0v) is 13.3. The van der Waals surface area contributed by atoms with Crippen LogP contribution >= 0.6 is 0 Å². The molecule has 0 unspecified atom stereocenters. The van der Waals surface area contributed by atoms with E-state index in [9.17, 15) is 0 Å². The molecule has 2 rings (SSSR count). The van der Waals surface area contributed by atoms with E-state index in [1.54, 1.807) is 0 Å². The molecule has 1 heteroatoms. The molecular formula is C15H21Zr. The van der Waals surface area contributed by atoms with Gasteiger partial charge in [0.05, 0.1) is 0 Å². The fourth-order valence-corrected chi connectivity index (χ4v) is 2.71. The van der Waals surface area contributed by atoms with Gasteiger partial charge in [0.1, 0.15) is 0 Å². The summed E-state index contributed by atoms with van der Waals surface area (Å²) in [7, 11) is 0. The van der Waals surface area contributed by atoms with Gasteiger partial charge >= 0.3 is 26.2 Å². The average molecular weight is 293 g/mol. The normalized spacial score (nSPS) is 22.7. The minimum atomic E-state index is 0. The SMILES string of the molecule is CC1=C(C)C(C)(C)C(C2=[C-]CC=C2)=C1C.[H-].[H-].[Zr+3]. The van der Waals surface area contributed by atoms with Gasteiger partial charge in [0.2, 0.25) is 0 Å². The zero-order valence-electron chi connectivity index (χ0n) is 12.9. The van der Waals surface area contributed by atoms with Crippen LogP contribution in [-0.2, 0) is 26.2 Å². The van der Waals surface area contributed by atoms with Crippen molar-refractivity contribution < 1.29 is 29.1 Å². The van der Waals surface area contributed by atoms with Crippen molar-refractivity contribution in [1.82, 2.24) is 0 Å². The Morgan fingerprint density at radius 3 is 2.19 bits per heavy atom. The fraction of sp³-hybridized carbons (Fsp3) is 0.467. The van der Waals surface area contributed by atoms with Crippen molar-refractivity contribution in [3.05, 3.63) is 46.1 Å². The van der Waals surface area contributed by atoms with Gasteiger partial charge < -0.3 is 2.85 Å². The molecule has 0 saturated heterocycles. The molecule has 0 saturated carbocycles. The van der Waals surface area contributed by atoms with Crippen LogP contribution in [-0.4, -0.2) is 0 Å². The van der Waals surface area contributed by atoms with Gasteiger partial charge in [-0.2, -0.15) is 17.7 Å². The van der Waals surface area contributed by atoms with Gasteiger partial charge in [-0.05, 0) is 19.3 Å². The molecule has 0 heterocycles. The summed E-state index contributed by atoms with van der Waals surface area (Å²) in [4.78, 5) is 0.